The predicted octanol–water partition coefficient (Wildman–Crippen LogP) is 3.13. The van der Waals surface area contributed by atoms with E-state index in [0.29, 0.717) is 12.2 Å². The lowest BCUT2D eigenvalue weighted by atomic mass is 9.82. The van der Waals surface area contributed by atoms with Gasteiger partial charge in [0.15, 0.2) is 17.5 Å². The summed E-state index contributed by atoms with van der Waals surface area (Å²) in [5.41, 5.74) is 9.32. The number of phenolic OH excluding ortho intramolecular Hbond substituents is 1. The molecule has 0 saturated carbocycles. The Kier molecular flexibility index (Phi) is 8.33. The number of pyridine rings is 1. The lowest BCUT2D eigenvalue weighted by Gasteiger charge is -2.44. The maximum atomic E-state index is 16.2. The molecule has 13 nitrogen and oxygen atoms in total. The summed E-state index contributed by atoms with van der Waals surface area (Å²) >= 11 is 0. The van der Waals surface area contributed by atoms with Gasteiger partial charge < -0.3 is 46.7 Å². The summed E-state index contributed by atoms with van der Waals surface area (Å²) in [6, 6.07) is 8.77. The number of rotatable bonds is 9. The largest absolute Gasteiger partial charge is 0.504 e. The van der Waals surface area contributed by atoms with Gasteiger partial charge in [-0.25, -0.2) is 0 Å². The van der Waals surface area contributed by atoms with E-state index in [9.17, 15) is 15.0 Å². The van der Waals surface area contributed by atoms with Crippen molar-refractivity contribution in [1.82, 2.24) is 10.3 Å². The SMILES string of the molecule is CC(C)(C(=O)O)C1CNCCN1c1c(F)c(Oc2cccc(NC(=N)N)c2)nc(Oc2cc(C(=N)N)ccc2O)c1F. The number of hydrogen-bond donors (Lipinski definition) is 8. The Morgan fingerprint density at radius 3 is 2.48 bits per heavy atom. The number of ether oxygens (including phenoxy) is 2. The first-order valence-corrected chi connectivity index (χ1v) is 12.6. The molecule has 15 heteroatoms. The fraction of sp³-hybridized carbons (Fsp3) is 0.259. The zero-order chi connectivity index (χ0) is 30.8. The molecule has 2 heterocycles. The lowest BCUT2D eigenvalue weighted by molar-refractivity contribution is -0.148. The van der Waals surface area contributed by atoms with Crippen LogP contribution in [0.15, 0.2) is 42.5 Å². The first kappa shape index (κ1) is 29.8. The molecule has 0 bridgehead atoms. The van der Waals surface area contributed by atoms with Gasteiger partial charge >= 0.3 is 5.97 Å². The topological polar surface area (TPSA) is 216 Å². The van der Waals surface area contributed by atoms with Crippen LogP contribution in [-0.4, -0.2) is 58.6 Å². The van der Waals surface area contributed by atoms with E-state index in [2.05, 4.69) is 15.6 Å². The van der Waals surface area contributed by atoms with Gasteiger partial charge in [0, 0.05) is 37.0 Å². The fourth-order valence-electron chi connectivity index (χ4n) is 4.41. The molecule has 3 aromatic rings. The van der Waals surface area contributed by atoms with Gasteiger partial charge in [0.25, 0.3) is 11.8 Å². The molecular formula is C27H30F2N8O5. The normalized spacial score (nSPS) is 15.1. The summed E-state index contributed by atoms with van der Waals surface area (Å²) in [5, 5.41) is 40.9. The van der Waals surface area contributed by atoms with Crippen LogP contribution in [0.4, 0.5) is 20.2 Å². The molecule has 0 spiro atoms. The molecule has 0 amide bonds. The number of phenols is 1. The zero-order valence-corrected chi connectivity index (χ0v) is 22.7. The number of aromatic nitrogens is 1. The molecule has 42 heavy (non-hydrogen) atoms. The van der Waals surface area contributed by atoms with Gasteiger partial charge in [-0.1, -0.05) is 6.07 Å². The monoisotopic (exact) mass is 584 g/mol. The number of amidine groups is 1. The second kappa shape index (κ2) is 11.7. The number of carboxylic acids is 1. The van der Waals surface area contributed by atoms with Crippen molar-refractivity contribution >= 4 is 29.1 Å². The molecule has 1 aliphatic heterocycles. The van der Waals surface area contributed by atoms with Crippen LogP contribution in [0.2, 0.25) is 0 Å². The average Bonchev–Trinajstić information content (AvgIpc) is 2.92. The van der Waals surface area contributed by atoms with E-state index in [4.69, 9.17) is 31.8 Å². The van der Waals surface area contributed by atoms with E-state index in [-0.39, 0.29) is 41.9 Å². The second-order valence-electron chi connectivity index (χ2n) is 10.0. The molecular weight excluding hydrogens is 554 g/mol. The maximum absolute atomic E-state index is 16.2. The van der Waals surface area contributed by atoms with E-state index in [1.165, 1.54) is 55.1 Å². The number of nitrogens with zero attached hydrogens (tertiary/aromatic N) is 2. The van der Waals surface area contributed by atoms with Crippen LogP contribution in [0.3, 0.4) is 0 Å². The zero-order valence-electron chi connectivity index (χ0n) is 22.7. The highest BCUT2D eigenvalue weighted by Gasteiger charge is 2.44. The van der Waals surface area contributed by atoms with Crippen LogP contribution >= 0.6 is 0 Å². The Bertz CT molecular complexity index is 1550. The average molecular weight is 585 g/mol. The van der Waals surface area contributed by atoms with Gasteiger partial charge in [0.2, 0.25) is 11.6 Å². The highest BCUT2D eigenvalue weighted by Crippen LogP contribution is 2.42. The Hall–Kier alpha value is -5.18. The Balaban J connectivity index is 1.88. The molecule has 4 rings (SSSR count). The third kappa shape index (κ3) is 6.10. The van der Waals surface area contributed by atoms with Gasteiger partial charge in [-0.05, 0) is 44.2 Å². The summed E-state index contributed by atoms with van der Waals surface area (Å²) in [6.07, 6.45) is 0. The summed E-state index contributed by atoms with van der Waals surface area (Å²) in [4.78, 5) is 17.3. The standard InChI is InChI=1S/C27H30F2N8O5/c1-27(2,25(39)40)18-12-34-8-9-37(18)21-19(28)23(41-15-5-3-4-14(11-15)35-26(32)33)36-24(20(21)29)42-17-10-13(22(30)31)6-7-16(17)38/h3-7,10-11,18,34,38H,8-9,12H2,1-2H3,(H3,30,31)(H,39,40)(H4,32,33,35). The highest BCUT2D eigenvalue weighted by molar-refractivity contribution is 5.95. The van der Waals surface area contributed by atoms with Crippen molar-refractivity contribution in [3.63, 3.8) is 0 Å². The molecule has 10 N–H and O–H groups in total. The number of carboxylic acid groups (broad SMARTS) is 1. The van der Waals surface area contributed by atoms with Crippen LogP contribution in [-0.2, 0) is 4.79 Å². The third-order valence-corrected chi connectivity index (χ3v) is 6.71. The number of nitrogen functional groups attached to an aromatic ring is 1. The van der Waals surface area contributed by atoms with Gasteiger partial charge in [0.1, 0.15) is 17.3 Å². The number of guanidine groups is 1. The lowest BCUT2D eigenvalue weighted by Crippen LogP contribution is -2.60. The number of carbonyl (C=O) groups is 1. The Morgan fingerprint density at radius 1 is 1.14 bits per heavy atom. The van der Waals surface area contributed by atoms with Crippen LogP contribution in [0.5, 0.6) is 29.0 Å². The molecule has 1 atom stereocenters. The van der Waals surface area contributed by atoms with E-state index in [1.807, 2.05) is 0 Å². The van der Waals surface area contributed by atoms with Gasteiger partial charge in [-0.15, -0.1) is 0 Å². The van der Waals surface area contributed by atoms with Gasteiger partial charge in [-0.2, -0.15) is 13.8 Å². The van der Waals surface area contributed by atoms with E-state index < -0.39 is 52.3 Å². The molecule has 2 aromatic carbocycles. The van der Waals surface area contributed by atoms with Crippen molar-refractivity contribution in [3.05, 3.63) is 59.7 Å². The number of nitrogens with one attached hydrogen (secondary N) is 4. The first-order valence-electron chi connectivity index (χ1n) is 12.6. The van der Waals surface area contributed by atoms with E-state index in [0.717, 1.165) is 0 Å². The smallest absolute Gasteiger partial charge is 0.311 e. The minimum Gasteiger partial charge on any atom is -0.504 e. The molecule has 0 aliphatic carbocycles. The molecule has 1 aliphatic rings. The summed E-state index contributed by atoms with van der Waals surface area (Å²) in [6.45, 7) is 3.32. The quantitative estimate of drug-likeness (QED) is 0.135. The Labute approximate surface area is 239 Å². The summed E-state index contributed by atoms with van der Waals surface area (Å²) in [7, 11) is 0. The van der Waals surface area contributed by atoms with Crippen LogP contribution in [0.1, 0.15) is 19.4 Å². The van der Waals surface area contributed by atoms with Crippen molar-refractivity contribution < 1.29 is 33.3 Å². The number of anilines is 2. The molecule has 1 saturated heterocycles. The van der Waals surface area contributed by atoms with Crippen molar-refractivity contribution in [1.29, 1.82) is 10.8 Å². The van der Waals surface area contributed by atoms with Gasteiger partial charge in [-0.3, -0.25) is 15.6 Å². The number of aliphatic carboxylic acids is 1. The third-order valence-electron chi connectivity index (χ3n) is 6.71. The number of nitrogens with two attached hydrogens (primary N) is 2. The highest BCUT2D eigenvalue weighted by atomic mass is 19.1. The van der Waals surface area contributed by atoms with Gasteiger partial charge in [0.05, 0.1) is 11.5 Å². The predicted molar refractivity (Wildman–Crippen MR) is 151 cm³/mol. The van der Waals surface area contributed by atoms with Crippen molar-refractivity contribution in [2.24, 2.45) is 16.9 Å². The fourth-order valence-corrected chi connectivity index (χ4v) is 4.41. The summed E-state index contributed by atoms with van der Waals surface area (Å²) < 4.78 is 43.7. The Morgan fingerprint density at radius 2 is 1.83 bits per heavy atom. The molecule has 0 radical (unpaired) electrons. The first-order chi connectivity index (χ1) is 19.8. The maximum Gasteiger partial charge on any atom is 0.311 e. The van der Waals surface area contributed by atoms with Crippen LogP contribution in [0.25, 0.3) is 0 Å². The number of halogens is 2. The minimum atomic E-state index is -1.45. The van der Waals surface area contributed by atoms with E-state index in [1.54, 1.807) is 6.07 Å². The van der Waals surface area contributed by atoms with Crippen molar-refractivity contribution in [2.45, 2.75) is 19.9 Å². The number of benzene rings is 2. The minimum absolute atomic E-state index is 0.0290. The summed E-state index contributed by atoms with van der Waals surface area (Å²) in [5.74, 6) is -6.60. The number of aromatic hydroxyl groups is 1. The number of hydrogen-bond acceptors (Lipinski definition) is 9. The van der Waals surface area contributed by atoms with Crippen molar-refractivity contribution in [3.8, 4) is 29.0 Å². The van der Waals surface area contributed by atoms with E-state index >= 15 is 8.78 Å². The molecule has 1 aromatic heterocycles. The number of piperazine rings is 1. The van der Waals surface area contributed by atoms with Crippen LogP contribution in [0, 0.1) is 27.9 Å². The van der Waals surface area contributed by atoms with Crippen molar-refractivity contribution in [2.75, 3.05) is 29.9 Å². The molecule has 1 fully saturated rings. The molecule has 1 unspecified atom stereocenters. The van der Waals surface area contributed by atoms with Crippen LogP contribution < -0.4 is 36.5 Å². The second-order valence-corrected chi connectivity index (χ2v) is 10.0. The molecule has 222 valence electrons.